The molecule has 0 radical (unpaired) electrons. The van der Waals surface area contributed by atoms with Gasteiger partial charge in [-0.25, -0.2) is 0 Å². The predicted molar refractivity (Wildman–Crippen MR) is 72.3 cm³/mol. The third-order valence-corrected chi connectivity index (χ3v) is 4.30. The summed E-state index contributed by atoms with van der Waals surface area (Å²) in [5, 5.41) is -0.803. The lowest BCUT2D eigenvalue weighted by Crippen LogP contribution is -2.49. The lowest BCUT2D eigenvalue weighted by Gasteiger charge is -2.35. The Balaban J connectivity index is 2.33. The Bertz CT molecular complexity index is 534. The van der Waals surface area contributed by atoms with E-state index in [4.69, 9.17) is 11.6 Å². The van der Waals surface area contributed by atoms with Crippen molar-refractivity contribution in [2.24, 2.45) is 11.3 Å². The molecule has 1 aromatic carbocycles. The van der Waals surface area contributed by atoms with Crippen LogP contribution < -0.4 is 0 Å². The highest BCUT2D eigenvalue weighted by Gasteiger charge is 2.49. The first-order valence-corrected chi connectivity index (χ1v) is 6.58. The van der Waals surface area contributed by atoms with Crippen LogP contribution >= 0.6 is 11.6 Å². The highest BCUT2D eigenvalue weighted by molar-refractivity contribution is 6.39. The maximum Gasteiger partial charge on any atom is 0.180 e. The van der Waals surface area contributed by atoms with E-state index < -0.39 is 28.3 Å². The van der Waals surface area contributed by atoms with Gasteiger partial charge in [-0.1, -0.05) is 44.2 Å². The van der Waals surface area contributed by atoms with Crippen molar-refractivity contribution in [3.05, 3.63) is 35.9 Å². The minimum Gasteiger partial charge on any atom is -0.298 e. The molecule has 1 aliphatic carbocycles. The van der Waals surface area contributed by atoms with Crippen LogP contribution in [0.5, 0.6) is 0 Å². The molecule has 1 aliphatic rings. The first-order chi connectivity index (χ1) is 8.84. The number of carbonyl (C=O) groups is 3. The molecule has 0 spiro atoms. The summed E-state index contributed by atoms with van der Waals surface area (Å²) >= 11 is 6.10. The van der Waals surface area contributed by atoms with Crippen molar-refractivity contribution in [2.45, 2.75) is 25.6 Å². The van der Waals surface area contributed by atoms with Crippen LogP contribution in [0, 0.1) is 11.3 Å². The molecule has 2 atom stereocenters. The summed E-state index contributed by atoms with van der Waals surface area (Å²) in [6.45, 7) is 3.54. The smallest absolute Gasteiger partial charge is 0.180 e. The second kappa shape index (κ2) is 4.89. The zero-order valence-electron chi connectivity index (χ0n) is 10.9. The van der Waals surface area contributed by atoms with Gasteiger partial charge in [0, 0.05) is 12.0 Å². The van der Waals surface area contributed by atoms with Gasteiger partial charge in [0.1, 0.15) is 5.92 Å². The number of benzene rings is 1. The predicted octanol–water partition coefficient (Wildman–Crippen LogP) is 2.66. The maximum absolute atomic E-state index is 12.3. The fourth-order valence-electron chi connectivity index (χ4n) is 2.38. The van der Waals surface area contributed by atoms with E-state index in [9.17, 15) is 14.4 Å². The van der Waals surface area contributed by atoms with Gasteiger partial charge in [-0.3, -0.25) is 14.4 Å². The van der Waals surface area contributed by atoms with E-state index in [2.05, 4.69) is 0 Å². The van der Waals surface area contributed by atoms with E-state index in [0.29, 0.717) is 5.56 Å². The van der Waals surface area contributed by atoms with Crippen molar-refractivity contribution in [1.29, 1.82) is 0 Å². The van der Waals surface area contributed by atoms with Crippen molar-refractivity contribution in [3.8, 4) is 0 Å². The molecule has 19 heavy (non-hydrogen) atoms. The van der Waals surface area contributed by atoms with Gasteiger partial charge in [-0.05, 0) is 5.41 Å². The van der Waals surface area contributed by atoms with Crippen LogP contribution in [-0.4, -0.2) is 22.7 Å². The molecule has 1 aromatic rings. The van der Waals surface area contributed by atoms with Crippen molar-refractivity contribution in [3.63, 3.8) is 0 Å². The van der Waals surface area contributed by atoms with Crippen LogP contribution in [0.2, 0.25) is 0 Å². The summed E-state index contributed by atoms with van der Waals surface area (Å²) in [5.41, 5.74) is -0.221. The van der Waals surface area contributed by atoms with E-state index >= 15 is 0 Å². The molecule has 0 amide bonds. The number of rotatable bonds is 2. The maximum atomic E-state index is 12.3. The van der Waals surface area contributed by atoms with Crippen molar-refractivity contribution >= 4 is 29.0 Å². The minimum absolute atomic E-state index is 0.149. The molecule has 4 heteroatoms. The molecular formula is C15H15ClO3. The molecule has 3 nitrogen and oxygen atoms in total. The van der Waals surface area contributed by atoms with Gasteiger partial charge < -0.3 is 0 Å². The van der Waals surface area contributed by atoms with Gasteiger partial charge in [0.15, 0.2) is 17.3 Å². The number of alkyl halides is 1. The van der Waals surface area contributed by atoms with E-state index in [1.807, 2.05) is 0 Å². The number of halogens is 1. The highest BCUT2D eigenvalue weighted by atomic mass is 35.5. The van der Waals surface area contributed by atoms with Gasteiger partial charge in [-0.15, -0.1) is 11.6 Å². The van der Waals surface area contributed by atoms with Crippen LogP contribution in [0.4, 0.5) is 0 Å². The van der Waals surface area contributed by atoms with Crippen LogP contribution in [0.25, 0.3) is 0 Å². The zero-order valence-corrected chi connectivity index (χ0v) is 11.6. The molecule has 0 aliphatic heterocycles. The largest absolute Gasteiger partial charge is 0.298 e. The number of carbonyl (C=O) groups excluding carboxylic acids is 3. The number of ketones is 3. The van der Waals surface area contributed by atoms with Gasteiger partial charge in [0.05, 0.1) is 5.38 Å². The van der Waals surface area contributed by atoms with Crippen molar-refractivity contribution in [1.82, 2.24) is 0 Å². The van der Waals surface area contributed by atoms with E-state index in [-0.39, 0.29) is 12.2 Å². The third-order valence-electron chi connectivity index (χ3n) is 3.49. The van der Waals surface area contributed by atoms with E-state index in [1.54, 1.807) is 44.2 Å². The Kier molecular flexibility index (Phi) is 3.59. The molecule has 1 saturated carbocycles. The summed E-state index contributed by atoms with van der Waals surface area (Å²) in [6, 6.07) is 8.38. The Labute approximate surface area is 116 Å². The van der Waals surface area contributed by atoms with Crippen molar-refractivity contribution in [2.75, 3.05) is 0 Å². The first kappa shape index (κ1) is 13.9. The quantitative estimate of drug-likeness (QED) is 0.475. The molecule has 0 aromatic heterocycles. The number of hydrogen-bond donors (Lipinski definition) is 0. The van der Waals surface area contributed by atoms with Crippen LogP contribution in [0.3, 0.4) is 0 Å². The molecule has 0 saturated heterocycles. The molecule has 0 N–H and O–H groups in total. The molecular weight excluding hydrogens is 264 g/mol. The highest BCUT2D eigenvalue weighted by Crippen LogP contribution is 2.38. The monoisotopic (exact) mass is 278 g/mol. The summed E-state index contributed by atoms with van der Waals surface area (Å²) < 4.78 is 0. The topological polar surface area (TPSA) is 51.2 Å². The normalized spacial score (nSPS) is 26.3. The fraction of sp³-hybridized carbons (Fsp3) is 0.400. The molecule has 0 unspecified atom stereocenters. The Hall–Kier alpha value is -1.48. The second-order valence-corrected chi connectivity index (χ2v) is 6.00. The SMILES string of the molecule is CC1(C)CC(=O)[C@@H](C(=O)c2ccccc2)C(=O)[C@@H]1Cl. The molecule has 0 heterocycles. The van der Waals surface area contributed by atoms with Crippen LogP contribution in [0.15, 0.2) is 30.3 Å². The van der Waals surface area contributed by atoms with E-state index in [1.165, 1.54) is 0 Å². The summed E-state index contributed by atoms with van der Waals surface area (Å²) in [7, 11) is 0. The number of Topliss-reactive ketones (excluding diaryl/α,β-unsaturated/α-hetero) is 3. The van der Waals surface area contributed by atoms with Crippen molar-refractivity contribution < 1.29 is 14.4 Å². The van der Waals surface area contributed by atoms with Gasteiger partial charge in [0.25, 0.3) is 0 Å². The lowest BCUT2D eigenvalue weighted by molar-refractivity contribution is -0.136. The average molecular weight is 279 g/mol. The summed E-state index contributed by atoms with van der Waals surface area (Å²) in [6.07, 6.45) is 0.149. The molecule has 1 fully saturated rings. The zero-order chi connectivity index (χ0) is 14.2. The van der Waals surface area contributed by atoms with Crippen LogP contribution in [0.1, 0.15) is 30.6 Å². The standard InChI is InChI=1S/C15H15ClO3/c1-15(2)8-10(17)11(13(19)14(15)16)12(18)9-6-4-3-5-7-9/h3-7,11,14H,8H2,1-2H3/t11-,14-/m0/s1. The first-order valence-electron chi connectivity index (χ1n) is 6.14. The summed E-state index contributed by atoms with van der Waals surface area (Å²) in [5.74, 6) is -2.49. The lowest BCUT2D eigenvalue weighted by atomic mass is 9.69. The minimum atomic E-state index is -1.24. The Morgan fingerprint density at radius 3 is 2.37 bits per heavy atom. The van der Waals surface area contributed by atoms with Crippen LogP contribution in [-0.2, 0) is 9.59 Å². The Morgan fingerprint density at radius 1 is 1.21 bits per heavy atom. The second-order valence-electron chi connectivity index (χ2n) is 5.56. The number of hydrogen-bond acceptors (Lipinski definition) is 3. The molecule has 2 rings (SSSR count). The van der Waals surface area contributed by atoms with E-state index in [0.717, 1.165) is 0 Å². The van der Waals surface area contributed by atoms with Gasteiger partial charge in [-0.2, -0.15) is 0 Å². The summed E-state index contributed by atoms with van der Waals surface area (Å²) in [4.78, 5) is 36.5. The molecule has 0 bridgehead atoms. The average Bonchev–Trinajstić information content (AvgIpc) is 2.36. The fourth-order valence-corrected chi connectivity index (χ4v) is 2.58. The molecule has 100 valence electrons. The third kappa shape index (κ3) is 2.47. The van der Waals surface area contributed by atoms with Gasteiger partial charge in [0.2, 0.25) is 0 Å². The van der Waals surface area contributed by atoms with Gasteiger partial charge >= 0.3 is 0 Å². The Morgan fingerprint density at radius 2 is 1.79 bits per heavy atom.